The van der Waals surface area contributed by atoms with Crippen LogP contribution in [0.25, 0.3) is 0 Å². The predicted octanol–water partition coefficient (Wildman–Crippen LogP) is 3.35. The largest absolute Gasteiger partial charge is 0.303 e. The Morgan fingerprint density at radius 2 is 2.15 bits per heavy atom. The number of allylic oxidation sites excluding steroid dienone is 2. The maximum absolute atomic E-state index is 10.9. The molecule has 0 fully saturated rings. The molecule has 1 atom stereocenters. The fourth-order valence-corrected chi connectivity index (χ4v) is 2.63. The second-order valence-electron chi connectivity index (χ2n) is 4.95. The highest BCUT2D eigenvalue weighted by molar-refractivity contribution is 5.60. The van der Waals surface area contributed by atoms with Gasteiger partial charge in [-0.25, -0.2) is 0 Å². The van der Waals surface area contributed by atoms with Gasteiger partial charge in [-0.05, 0) is 31.6 Å². The first-order chi connectivity index (χ1) is 6.00. The van der Waals surface area contributed by atoms with Gasteiger partial charge in [-0.3, -0.25) is 0 Å². The first-order valence-corrected chi connectivity index (χ1v) is 5.14. The summed E-state index contributed by atoms with van der Waals surface area (Å²) in [6.07, 6.45) is 4.34. The number of hydrogen-bond donors (Lipinski definition) is 0. The van der Waals surface area contributed by atoms with Gasteiger partial charge < -0.3 is 4.79 Å². The molecule has 1 unspecified atom stereocenters. The molecule has 0 aliphatic heterocycles. The molecule has 13 heavy (non-hydrogen) atoms. The summed E-state index contributed by atoms with van der Waals surface area (Å²) < 4.78 is 0. The normalized spacial score (nSPS) is 27.5. The standard InChI is InChI=1S/C12H20O/c1-5-11-9(2)6-12(3,4)7-10(11)8-13/h8,10H,5-7H2,1-4H3. The molecule has 0 saturated heterocycles. The van der Waals surface area contributed by atoms with Crippen molar-refractivity contribution < 1.29 is 4.79 Å². The van der Waals surface area contributed by atoms with Gasteiger partial charge in [0.05, 0.1) is 0 Å². The summed E-state index contributed by atoms with van der Waals surface area (Å²) >= 11 is 0. The highest BCUT2D eigenvalue weighted by Gasteiger charge is 2.31. The summed E-state index contributed by atoms with van der Waals surface area (Å²) in [7, 11) is 0. The zero-order valence-corrected chi connectivity index (χ0v) is 9.18. The first-order valence-electron chi connectivity index (χ1n) is 5.14. The average Bonchev–Trinajstić information content (AvgIpc) is 2.01. The maximum atomic E-state index is 10.9. The molecule has 1 rings (SSSR count). The molecule has 0 aromatic heterocycles. The van der Waals surface area contributed by atoms with Crippen LogP contribution in [-0.2, 0) is 4.79 Å². The zero-order valence-electron chi connectivity index (χ0n) is 9.18. The van der Waals surface area contributed by atoms with E-state index in [4.69, 9.17) is 0 Å². The molecule has 0 heterocycles. The third-order valence-corrected chi connectivity index (χ3v) is 3.06. The van der Waals surface area contributed by atoms with Crippen molar-refractivity contribution in [1.82, 2.24) is 0 Å². The summed E-state index contributed by atoms with van der Waals surface area (Å²) in [5.74, 6) is 0.189. The molecule has 1 aliphatic carbocycles. The number of hydrogen-bond acceptors (Lipinski definition) is 1. The summed E-state index contributed by atoms with van der Waals surface area (Å²) in [4.78, 5) is 10.9. The van der Waals surface area contributed by atoms with Crippen LogP contribution in [0.15, 0.2) is 11.1 Å². The van der Waals surface area contributed by atoms with Crippen molar-refractivity contribution in [3.8, 4) is 0 Å². The van der Waals surface area contributed by atoms with Gasteiger partial charge in [0, 0.05) is 5.92 Å². The van der Waals surface area contributed by atoms with Gasteiger partial charge in [0.15, 0.2) is 0 Å². The molecule has 0 saturated carbocycles. The monoisotopic (exact) mass is 180 g/mol. The van der Waals surface area contributed by atoms with E-state index in [1.54, 1.807) is 0 Å². The zero-order chi connectivity index (χ0) is 10.1. The van der Waals surface area contributed by atoms with Crippen molar-refractivity contribution >= 4 is 6.29 Å². The molecule has 74 valence electrons. The molecule has 0 spiro atoms. The van der Waals surface area contributed by atoms with E-state index >= 15 is 0 Å². The van der Waals surface area contributed by atoms with Gasteiger partial charge in [0.25, 0.3) is 0 Å². The Balaban J connectivity index is 2.96. The quantitative estimate of drug-likeness (QED) is 0.470. The van der Waals surface area contributed by atoms with Crippen LogP contribution in [0, 0.1) is 11.3 Å². The smallest absolute Gasteiger partial charge is 0.127 e. The average molecular weight is 180 g/mol. The summed E-state index contributed by atoms with van der Waals surface area (Å²) in [5, 5.41) is 0. The minimum absolute atomic E-state index is 0.189. The summed E-state index contributed by atoms with van der Waals surface area (Å²) in [6, 6.07) is 0. The molecule has 1 heteroatoms. The van der Waals surface area contributed by atoms with Crippen LogP contribution in [0.4, 0.5) is 0 Å². The Hall–Kier alpha value is -0.590. The van der Waals surface area contributed by atoms with Gasteiger partial charge >= 0.3 is 0 Å². The van der Waals surface area contributed by atoms with E-state index in [0.29, 0.717) is 5.41 Å². The van der Waals surface area contributed by atoms with Gasteiger partial charge in [-0.2, -0.15) is 0 Å². The van der Waals surface area contributed by atoms with E-state index in [2.05, 4.69) is 27.7 Å². The van der Waals surface area contributed by atoms with Crippen molar-refractivity contribution in [2.45, 2.75) is 47.0 Å². The molecule has 0 amide bonds. The molecule has 0 bridgehead atoms. The third kappa shape index (κ3) is 2.20. The van der Waals surface area contributed by atoms with E-state index in [1.807, 2.05) is 0 Å². The Morgan fingerprint density at radius 1 is 1.54 bits per heavy atom. The van der Waals surface area contributed by atoms with E-state index in [0.717, 1.165) is 25.5 Å². The van der Waals surface area contributed by atoms with E-state index in [9.17, 15) is 4.79 Å². The lowest BCUT2D eigenvalue weighted by Crippen LogP contribution is -2.25. The topological polar surface area (TPSA) is 17.1 Å². The van der Waals surface area contributed by atoms with Crippen molar-refractivity contribution in [3.63, 3.8) is 0 Å². The number of aldehydes is 1. The van der Waals surface area contributed by atoms with E-state index in [1.165, 1.54) is 11.1 Å². The van der Waals surface area contributed by atoms with Crippen molar-refractivity contribution in [3.05, 3.63) is 11.1 Å². The van der Waals surface area contributed by atoms with Gasteiger partial charge in [0.1, 0.15) is 6.29 Å². The summed E-state index contributed by atoms with van der Waals surface area (Å²) in [5.41, 5.74) is 3.14. The van der Waals surface area contributed by atoms with Crippen LogP contribution in [0.1, 0.15) is 47.0 Å². The number of carbonyl (C=O) groups excluding carboxylic acids is 1. The fourth-order valence-electron chi connectivity index (χ4n) is 2.63. The Labute approximate surface area is 81.2 Å². The Kier molecular flexibility index (Phi) is 2.94. The fraction of sp³-hybridized carbons (Fsp3) is 0.750. The van der Waals surface area contributed by atoms with Crippen molar-refractivity contribution in [2.75, 3.05) is 0 Å². The highest BCUT2D eigenvalue weighted by Crippen LogP contribution is 2.41. The molecule has 1 aliphatic rings. The Bertz CT molecular complexity index is 236. The van der Waals surface area contributed by atoms with Crippen LogP contribution >= 0.6 is 0 Å². The second-order valence-corrected chi connectivity index (χ2v) is 4.95. The minimum Gasteiger partial charge on any atom is -0.303 e. The van der Waals surface area contributed by atoms with Crippen LogP contribution in [-0.4, -0.2) is 6.29 Å². The second kappa shape index (κ2) is 3.65. The van der Waals surface area contributed by atoms with E-state index < -0.39 is 0 Å². The van der Waals surface area contributed by atoms with Crippen molar-refractivity contribution in [1.29, 1.82) is 0 Å². The predicted molar refractivity (Wildman–Crippen MR) is 55.6 cm³/mol. The highest BCUT2D eigenvalue weighted by atomic mass is 16.1. The van der Waals surface area contributed by atoms with E-state index in [-0.39, 0.29) is 5.92 Å². The minimum atomic E-state index is 0.189. The molecule has 0 radical (unpaired) electrons. The summed E-state index contributed by atoms with van der Waals surface area (Å²) in [6.45, 7) is 8.82. The Morgan fingerprint density at radius 3 is 2.62 bits per heavy atom. The van der Waals surface area contributed by atoms with Crippen LogP contribution in [0.2, 0.25) is 0 Å². The van der Waals surface area contributed by atoms with Gasteiger partial charge in [0.2, 0.25) is 0 Å². The van der Waals surface area contributed by atoms with Gasteiger partial charge in [-0.1, -0.05) is 31.9 Å². The first kappa shape index (κ1) is 10.5. The lowest BCUT2D eigenvalue weighted by Gasteiger charge is -2.35. The maximum Gasteiger partial charge on any atom is 0.127 e. The van der Waals surface area contributed by atoms with Crippen LogP contribution in [0.3, 0.4) is 0 Å². The lowest BCUT2D eigenvalue weighted by molar-refractivity contribution is -0.111. The van der Waals surface area contributed by atoms with Crippen LogP contribution in [0.5, 0.6) is 0 Å². The SMILES string of the molecule is CCC1=C(C)CC(C)(C)CC1C=O. The van der Waals surface area contributed by atoms with Crippen LogP contribution < -0.4 is 0 Å². The molecule has 1 nitrogen and oxygen atoms in total. The lowest BCUT2D eigenvalue weighted by atomic mass is 9.69. The third-order valence-electron chi connectivity index (χ3n) is 3.06. The van der Waals surface area contributed by atoms with Crippen molar-refractivity contribution in [2.24, 2.45) is 11.3 Å². The molecular weight excluding hydrogens is 160 g/mol. The molecule has 0 aromatic rings. The molecule has 0 N–H and O–H groups in total. The molecular formula is C12H20O. The molecule has 0 aromatic carbocycles. The number of carbonyl (C=O) groups is 1. The number of rotatable bonds is 2. The van der Waals surface area contributed by atoms with Gasteiger partial charge in [-0.15, -0.1) is 0 Å².